The second kappa shape index (κ2) is 5.89. The quantitative estimate of drug-likeness (QED) is 0.903. The Balaban J connectivity index is 2.41. The van der Waals surface area contributed by atoms with E-state index in [1.54, 1.807) is 7.11 Å². The molecule has 0 aliphatic rings. The first-order valence-electron chi connectivity index (χ1n) is 5.75. The SMILES string of the molecule is CNCCn1cncc1-c1cc(Cl)ccc1OC. The zero-order valence-electron chi connectivity index (χ0n) is 10.5. The molecule has 4 nitrogen and oxygen atoms in total. The minimum Gasteiger partial charge on any atom is -0.496 e. The standard InChI is InChI=1S/C13H16ClN3O/c1-15-5-6-17-9-16-8-12(17)11-7-10(14)3-4-13(11)18-2/h3-4,7-9,15H,5-6H2,1-2H3. The molecular weight excluding hydrogens is 250 g/mol. The lowest BCUT2D eigenvalue weighted by Crippen LogP contribution is -2.15. The zero-order chi connectivity index (χ0) is 13.0. The van der Waals surface area contributed by atoms with Crippen LogP contribution in [0.2, 0.25) is 5.02 Å². The number of nitrogens with zero attached hydrogens (tertiary/aromatic N) is 2. The molecule has 1 aromatic carbocycles. The first-order chi connectivity index (χ1) is 8.76. The molecule has 0 radical (unpaired) electrons. The van der Waals surface area contributed by atoms with Crippen molar-refractivity contribution in [1.29, 1.82) is 0 Å². The molecule has 1 N–H and O–H groups in total. The topological polar surface area (TPSA) is 39.1 Å². The van der Waals surface area contributed by atoms with Gasteiger partial charge in [0.15, 0.2) is 0 Å². The van der Waals surface area contributed by atoms with Crippen molar-refractivity contribution in [3.63, 3.8) is 0 Å². The van der Waals surface area contributed by atoms with Crippen LogP contribution < -0.4 is 10.1 Å². The molecule has 0 spiro atoms. The summed E-state index contributed by atoms with van der Waals surface area (Å²) >= 11 is 6.05. The molecule has 2 aromatic rings. The number of halogens is 1. The van der Waals surface area contributed by atoms with E-state index < -0.39 is 0 Å². The molecule has 0 aliphatic heterocycles. The zero-order valence-corrected chi connectivity index (χ0v) is 11.2. The van der Waals surface area contributed by atoms with Gasteiger partial charge in [0.1, 0.15) is 5.75 Å². The van der Waals surface area contributed by atoms with Crippen LogP contribution in [0.3, 0.4) is 0 Å². The van der Waals surface area contributed by atoms with Crippen LogP contribution in [-0.4, -0.2) is 30.3 Å². The number of benzene rings is 1. The van der Waals surface area contributed by atoms with E-state index in [1.165, 1.54) is 0 Å². The van der Waals surface area contributed by atoms with Crippen LogP contribution in [-0.2, 0) is 6.54 Å². The molecule has 0 atom stereocenters. The molecule has 1 heterocycles. The molecule has 0 amide bonds. The van der Waals surface area contributed by atoms with Crippen LogP contribution in [0.15, 0.2) is 30.7 Å². The molecule has 5 heteroatoms. The largest absolute Gasteiger partial charge is 0.496 e. The summed E-state index contributed by atoms with van der Waals surface area (Å²) in [5.41, 5.74) is 1.96. The summed E-state index contributed by atoms with van der Waals surface area (Å²) in [6.45, 7) is 1.73. The Kier molecular flexibility index (Phi) is 4.23. The van der Waals surface area contributed by atoms with Gasteiger partial charge in [0.2, 0.25) is 0 Å². The predicted octanol–water partition coefficient (Wildman–Crippen LogP) is 2.43. The number of ether oxygens (including phenoxy) is 1. The van der Waals surface area contributed by atoms with Gasteiger partial charge in [-0.15, -0.1) is 0 Å². The van der Waals surface area contributed by atoms with Gasteiger partial charge in [0.05, 0.1) is 25.3 Å². The van der Waals surface area contributed by atoms with Crippen molar-refractivity contribution in [3.05, 3.63) is 35.7 Å². The van der Waals surface area contributed by atoms with Crippen LogP contribution >= 0.6 is 11.6 Å². The van der Waals surface area contributed by atoms with E-state index in [1.807, 2.05) is 37.8 Å². The summed E-state index contributed by atoms with van der Waals surface area (Å²) in [6, 6.07) is 5.58. The molecule has 2 rings (SSSR count). The third-order valence-corrected chi connectivity index (χ3v) is 2.99. The molecule has 0 unspecified atom stereocenters. The van der Waals surface area contributed by atoms with Gasteiger partial charge in [-0.05, 0) is 25.2 Å². The monoisotopic (exact) mass is 265 g/mol. The first kappa shape index (κ1) is 12.9. The van der Waals surface area contributed by atoms with Crippen LogP contribution in [0, 0.1) is 0 Å². The van der Waals surface area contributed by atoms with Crippen LogP contribution in [0.25, 0.3) is 11.3 Å². The minimum atomic E-state index is 0.687. The normalized spacial score (nSPS) is 10.6. The molecular formula is C13H16ClN3O. The Labute approximate surface area is 112 Å². The van der Waals surface area contributed by atoms with Gasteiger partial charge in [-0.2, -0.15) is 0 Å². The maximum absolute atomic E-state index is 6.05. The highest BCUT2D eigenvalue weighted by molar-refractivity contribution is 6.30. The lowest BCUT2D eigenvalue weighted by Gasteiger charge is -2.11. The molecule has 1 aromatic heterocycles. The van der Waals surface area contributed by atoms with Gasteiger partial charge in [-0.3, -0.25) is 0 Å². The third-order valence-electron chi connectivity index (χ3n) is 2.75. The Hall–Kier alpha value is -1.52. The molecule has 0 saturated carbocycles. The smallest absolute Gasteiger partial charge is 0.128 e. The minimum absolute atomic E-state index is 0.687. The van der Waals surface area contributed by atoms with E-state index in [2.05, 4.69) is 14.9 Å². The molecule has 96 valence electrons. The summed E-state index contributed by atoms with van der Waals surface area (Å²) in [4.78, 5) is 4.19. The van der Waals surface area contributed by atoms with E-state index in [4.69, 9.17) is 16.3 Å². The summed E-state index contributed by atoms with van der Waals surface area (Å²) < 4.78 is 7.44. The molecule has 0 fully saturated rings. The number of likely N-dealkylation sites (N-methyl/N-ethyl adjacent to an activating group) is 1. The Bertz CT molecular complexity index is 525. The van der Waals surface area contributed by atoms with E-state index in [9.17, 15) is 0 Å². The first-order valence-corrected chi connectivity index (χ1v) is 6.12. The van der Waals surface area contributed by atoms with E-state index in [-0.39, 0.29) is 0 Å². The van der Waals surface area contributed by atoms with Crippen molar-refractivity contribution >= 4 is 11.6 Å². The molecule has 0 bridgehead atoms. The van der Waals surface area contributed by atoms with Crippen molar-refractivity contribution < 1.29 is 4.74 Å². The van der Waals surface area contributed by atoms with Crippen molar-refractivity contribution in [2.75, 3.05) is 20.7 Å². The number of imidazole rings is 1. The lowest BCUT2D eigenvalue weighted by atomic mass is 10.1. The van der Waals surface area contributed by atoms with E-state index >= 15 is 0 Å². The number of aromatic nitrogens is 2. The van der Waals surface area contributed by atoms with Gasteiger partial charge in [0.25, 0.3) is 0 Å². The van der Waals surface area contributed by atoms with Crippen LogP contribution in [0.1, 0.15) is 0 Å². The maximum Gasteiger partial charge on any atom is 0.128 e. The summed E-state index contributed by atoms with van der Waals surface area (Å²) in [7, 11) is 3.58. The highest BCUT2D eigenvalue weighted by Gasteiger charge is 2.11. The Morgan fingerprint density at radius 1 is 1.44 bits per heavy atom. The summed E-state index contributed by atoms with van der Waals surface area (Å²) in [6.07, 6.45) is 3.64. The Morgan fingerprint density at radius 2 is 2.28 bits per heavy atom. The number of methoxy groups -OCH3 is 1. The fourth-order valence-electron chi connectivity index (χ4n) is 1.84. The Morgan fingerprint density at radius 3 is 3.00 bits per heavy atom. The van der Waals surface area contributed by atoms with Crippen molar-refractivity contribution in [2.24, 2.45) is 0 Å². The van der Waals surface area contributed by atoms with Gasteiger partial charge in [-0.25, -0.2) is 4.98 Å². The number of nitrogens with one attached hydrogen (secondary N) is 1. The maximum atomic E-state index is 6.05. The molecule has 0 saturated heterocycles. The average molecular weight is 266 g/mol. The van der Waals surface area contributed by atoms with Crippen LogP contribution in [0.4, 0.5) is 0 Å². The number of hydrogen-bond acceptors (Lipinski definition) is 3. The highest BCUT2D eigenvalue weighted by Crippen LogP contribution is 2.32. The van der Waals surface area contributed by atoms with E-state index in [0.29, 0.717) is 5.02 Å². The van der Waals surface area contributed by atoms with Crippen molar-refractivity contribution in [3.8, 4) is 17.0 Å². The molecule has 0 aliphatic carbocycles. The van der Waals surface area contributed by atoms with Gasteiger partial charge in [-0.1, -0.05) is 11.6 Å². The lowest BCUT2D eigenvalue weighted by molar-refractivity contribution is 0.416. The summed E-state index contributed by atoms with van der Waals surface area (Å²) in [5, 5.41) is 3.81. The van der Waals surface area contributed by atoms with Crippen molar-refractivity contribution in [1.82, 2.24) is 14.9 Å². The second-order valence-electron chi connectivity index (χ2n) is 3.92. The average Bonchev–Trinajstić information content (AvgIpc) is 2.84. The van der Waals surface area contributed by atoms with Gasteiger partial charge < -0.3 is 14.6 Å². The van der Waals surface area contributed by atoms with Gasteiger partial charge in [0, 0.05) is 23.7 Å². The third kappa shape index (κ3) is 2.66. The highest BCUT2D eigenvalue weighted by atomic mass is 35.5. The number of hydrogen-bond donors (Lipinski definition) is 1. The molecule has 18 heavy (non-hydrogen) atoms. The summed E-state index contributed by atoms with van der Waals surface area (Å²) in [5.74, 6) is 0.797. The second-order valence-corrected chi connectivity index (χ2v) is 4.36. The fraction of sp³-hybridized carbons (Fsp3) is 0.308. The van der Waals surface area contributed by atoms with Gasteiger partial charge >= 0.3 is 0 Å². The predicted molar refractivity (Wildman–Crippen MR) is 73.2 cm³/mol. The fourth-order valence-corrected chi connectivity index (χ4v) is 2.01. The van der Waals surface area contributed by atoms with Crippen LogP contribution in [0.5, 0.6) is 5.75 Å². The van der Waals surface area contributed by atoms with Crippen molar-refractivity contribution in [2.45, 2.75) is 6.54 Å². The number of rotatable bonds is 5. The van der Waals surface area contributed by atoms with E-state index in [0.717, 1.165) is 30.1 Å².